The number of rotatable bonds is 4. The third-order valence-electron chi connectivity index (χ3n) is 4.03. The van der Waals surface area contributed by atoms with Crippen molar-refractivity contribution in [3.8, 4) is 0 Å². The molecule has 1 aromatic carbocycles. The van der Waals surface area contributed by atoms with Gasteiger partial charge in [-0.1, -0.05) is 25.0 Å². The first-order valence-electron chi connectivity index (χ1n) is 7.26. The third kappa shape index (κ3) is 2.77. The number of primary amides is 1. The lowest BCUT2D eigenvalue weighted by Crippen LogP contribution is -2.18. The fourth-order valence-corrected chi connectivity index (χ4v) is 3.01. The van der Waals surface area contributed by atoms with Crippen LogP contribution >= 0.6 is 0 Å². The molecule has 1 aliphatic carbocycles. The van der Waals surface area contributed by atoms with E-state index < -0.39 is 5.91 Å². The molecule has 1 aromatic heterocycles. The molecule has 0 unspecified atom stereocenters. The number of nitrogens with two attached hydrogens (primary N) is 1. The Morgan fingerprint density at radius 2 is 1.95 bits per heavy atom. The Kier molecular flexibility index (Phi) is 3.64. The number of carbonyl (C=O) groups is 2. The van der Waals surface area contributed by atoms with E-state index in [4.69, 9.17) is 10.2 Å². The van der Waals surface area contributed by atoms with Crippen LogP contribution in [0, 0.1) is 5.92 Å². The van der Waals surface area contributed by atoms with Gasteiger partial charge < -0.3 is 15.5 Å². The summed E-state index contributed by atoms with van der Waals surface area (Å²) in [6.07, 6.45) is 5.07. The number of furan rings is 1. The molecule has 0 spiro atoms. The zero-order valence-electron chi connectivity index (χ0n) is 11.7. The summed E-state index contributed by atoms with van der Waals surface area (Å²) in [5, 5.41) is 3.51. The molecule has 1 aliphatic rings. The number of hydrogen-bond donors (Lipinski definition) is 2. The van der Waals surface area contributed by atoms with Crippen LogP contribution in [0.25, 0.3) is 11.0 Å². The predicted molar refractivity (Wildman–Crippen MR) is 79.9 cm³/mol. The highest BCUT2D eigenvalue weighted by atomic mass is 16.3. The molecule has 1 heterocycles. The summed E-state index contributed by atoms with van der Waals surface area (Å²) in [6.45, 7) is 0. The first-order valence-corrected chi connectivity index (χ1v) is 7.26. The Bertz CT molecular complexity index is 684. The van der Waals surface area contributed by atoms with Crippen LogP contribution in [0.15, 0.2) is 28.7 Å². The molecule has 0 atom stereocenters. The molecule has 1 saturated carbocycles. The van der Waals surface area contributed by atoms with Gasteiger partial charge in [0.1, 0.15) is 11.3 Å². The van der Waals surface area contributed by atoms with Crippen LogP contribution in [0.2, 0.25) is 0 Å². The average Bonchev–Trinajstić information content (AvgIpc) is 3.07. The van der Waals surface area contributed by atoms with E-state index in [2.05, 4.69) is 5.32 Å². The molecule has 21 heavy (non-hydrogen) atoms. The molecule has 0 aliphatic heterocycles. The molecule has 2 amide bonds. The molecule has 0 radical (unpaired) electrons. The number of anilines is 1. The minimum Gasteiger partial charge on any atom is -0.449 e. The van der Waals surface area contributed by atoms with Crippen molar-refractivity contribution in [2.24, 2.45) is 11.7 Å². The molecule has 1 fully saturated rings. The molecule has 5 nitrogen and oxygen atoms in total. The van der Waals surface area contributed by atoms with E-state index in [-0.39, 0.29) is 11.7 Å². The summed E-state index contributed by atoms with van der Waals surface area (Å²) in [5.41, 5.74) is 6.27. The van der Waals surface area contributed by atoms with Crippen molar-refractivity contribution >= 4 is 28.5 Å². The minimum atomic E-state index is -0.678. The smallest absolute Gasteiger partial charge is 0.286 e. The number of para-hydroxylation sites is 1. The highest BCUT2D eigenvalue weighted by Gasteiger charge is 2.23. The van der Waals surface area contributed by atoms with Crippen LogP contribution in [-0.4, -0.2) is 11.8 Å². The van der Waals surface area contributed by atoms with Crippen LogP contribution in [-0.2, 0) is 4.79 Å². The second kappa shape index (κ2) is 5.60. The summed E-state index contributed by atoms with van der Waals surface area (Å²) < 4.78 is 5.44. The highest BCUT2D eigenvalue weighted by Crippen LogP contribution is 2.32. The van der Waals surface area contributed by atoms with Gasteiger partial charge in [0, 0.05) is 11.8 Å². The van der Waals surface area contributed by atoms with E-state index in [9.17, 15) is 9.59 Å². The van der Waals surface area contributed by atoms with Gasteiger partial charge in [-0.15, -0.1) is 0 Å². The van der Waals surface area contributed by atoms with Gasteiger partial charge >= 0.3 is 0 Å². The SMILES string of the molecule is NC(=O)c1oc2ccccc2c1NC(=O)CC1CCCC1. The second-order valence-electron chi connectivity index (χ2n) is 5.57. The number of amides is 2. The second-order valence-corrected chi connectivity index (χ2v) is 5.57. The van der Waals surface area contributed by atoms with Gasteiger partial charge in [0.2, 0.25) is 11.7 Å². The number of nitrogens with one attached hydrogen (secondary N) is 1. The Balaban J connectivity index is 1.86. The first-order chi connectivity index (χ1) is 10.1. The summed E-state index contributed by atoms with van der Waals surface area (Å²) in [4.78, 5) is 23.7. The topological polar surface area (TPSA) is 85.3 Å². The highest BCUT2D eigenvalue weighted by molar-refractivity contribution is 6.10. The van der Waals surface area contributed by atoms with E-state index in [1.165, 1.54) is 12.8 Å². The van der Waals surface area contributed by atoms with Crippen molar-refractivity contribution in [2.75, 3.05) is 5.32 Å². The summed E-state index contributed by atoms with van der Waals surface area (Å²) in [7, 11) is 0. The van der Waals surface area contributed by atoms with Crippen molar-refractivity contribution in [3.05, 3.63) is 30.0 Å². The Morgan fingerprint density at radius 3 is 2.67 bits per heavy atom. The summed E-state index contributed by atoms with van der Waals surface area (Å²) in [6, 6.07) is 7.18. The molecular weight excluding hydrogens is 268 g/mol. The molecule has 3 rings (SSSR count). The Labute approximate surface area is 122 Å². The average molecular weight is 286 g/mol. The minimum absolute atomic E-state index is 0.0102. The number of carbonyl (C=O) groups excluding carboxylic acids is 2. The molecule has 0 bridgehead atoms. The molecule has 3 N–H and O–H groups in total. The summed E-state index contributed by atoms with van der Waals surface area (Å²) in [5.74, 6) is -0.311. The van der Waals surface area contributed by atoms with E-state index in [1.54, 1.807) is 18.2 Å². The van der Waals surface area contributed by atoms with Gasteiger partial charge in [0.05, 0.1) is 0 Å². The van der Waals surface area contributed by atoms with Crippen LogP contribution in [0.4, 0.5) is 5.69 Å². The zero-order valence-corrected chi connectivity index (χ0v) is 11.7. The largest absolute Gasteiger partial charge is 0.449 e. The monoisotopic (exact) mass is 286 g/mol. The zero-order chi connectivity index (χ0) is 14.8. The maximum atomic E-state index is 12.2. The Morgan fingerprint density at radius 1 is 1.24 bits per heavy atom. The maximum absolute atomic E-state index is 12.2. The normalized spacial score (nSPS) is 15.4. The van der Waals surface area contributed by atoms with Gasteiger partial charge in [0.15, 0.2) is 0 Å². The number of fused-ring (bicyclic) bond motifs is 1. The lowest BCUT2D eigenvalue weighted by molar-refractivity contribution is -0.117. The van der Waals surface area contributed by atoms with Crippen molar-refractivity contribution in [1.29, 1.82) is 0 Å². The third-order valence-corrected chi connectivity index (χ3v) is 4.03. The Hall–Kier alpha value is -2.30. The van der Waals surface area contributed by atoms with E-state index in [0.29, 0.717) is 29.0 Å². The van der Waals surface area contributed by atoms with Crippen molar-refractivity contribution in [3.63, 3.8) is 0 Å². The molecular formula is C16H18N2O3. The number of benzene rings is 1. The number of hydrogen-bond acceptors (Lipinski definition) is 3. The predicted octanol–water partition coefficient (Wildman–Crippen LogP) is 3.05. The molecule has 0 saturated heterocycles. The van der Waals surface area contributed by atoms with Crippen molar-refractivity contribution in [2.45, 2.75) is 32.1 Å². The van der Waals surface area contributed by atoms with Crippen molar-refractivity contribution in [1.82, 2.24) is 0 Å². The van der Waals surface area contributed by atoms with Gasteiger partial charge in [-0.2, -0.15) is 0 Å². The first kappa shape index (κ1) is 13.7. The van der Waals surface area contributed by atoms with E-state index in [1.807, 2.05) is 6.07 Å². The van der Waals surface area contributed by atoms with Crippen LogP contribution in [0.1, 0.15) is 42.7 Å². The molecule has 5 heteroatoms. The fourth-order valence-electron chi connectivity index (χ4n) is 3.01. The van der Waals surface area contributed by atoms with Crippen molar-refractivity contribution < 1.29 is 14.0 Å². The van der Waals surface area contributed by atoms with Crippen LogP contribution < -0.4 is 11.1 Å². The van der Waals surface area contributed by atoms with Gasteiger partial charge in [-0.05, 0) is 30.9 Å². The standard InChI is InChI=1S/C16H18N2O3/c17-16(20)15-14(11-7-3-4-8-12(11)21-15)18-13(19)9-10-5-1-2-6-10/h3-4,7-8,10H,1-2,5-6,9H2,(H2,17,20)(H,18,19). The van der Waals surface area contributed by atoms with Gasteiger partial charge in [-0.25, -0.2) is 0 Å². The van der Waals surface area contributed by atoms with Gasteiger partial charge in [0.25, 0.3) is 5.91 Å². The van der Waals surface area contributed by atoms with Gasteiger partial charge in [-0.3, -0.25) is 9.59 Å². The molecule has 110 valence electrons. The summed E-state index contributed by atoms with van der Waals surface area (Å²) >= 11 is 0. The fraction of sp³-hybridized carbons (Fsp3) is 0.375. The maximum Gasteiger partial charge on any atom is 0.286 e. The van der Waals surface area contributed by atoms with E-state index >= 15 is 0 Å². The van der Waals surface area contributed by atoms with Crippen LogP contribution in [0.3, 0.4) is 0 Å². The lowest BCUT2D eigenvalue weighted by Gasteiger charge is -2.09. The van der Waals surface area contributed by atoms with E-state index in [0.717, 1.165) is 12.8 Å². The quantitative estimate of drug-likeness (QED) is 0.905. The van der Waals surface area contributed by atoms with Crippen LogP contribution in [0.5, 0.6) is 0 Å². The molecule has 2 aromatic rings. The lowest BCUT2D eigenvalue weighted by atomic mass is 10.0.